The minimum atomic E-state index is -0.725. The molecule has 1 aliphatic heterocycles. The fraction of sp³-hybridized carbons (Fsp3) is 0.571. The smallest absolute Gasteiger partial charge is 0.405 e. The standard InChI is InChI=1S/C9H12N4O2.C5H11NO2/c1-10-9-8(13(14)15)7(3-4-11-9)12-5-2-6-12;1-5(2,3)8-4(6)7/h3-4H,2,5-6H2,1H3,(H,10,11);1-3H3,(H2,6,7). The first-order valence-corrected chi connectivity index (χ1v) is 7.20. The van der Waals surface area contributed by atoms with E-state index in [2.05, 4.69) is 15.0 Å². The van der Waals surface area contributed by atoms with Gasteiger partial charge in [0.2, 0.25) is 5.82 Å². The zero-order chi connectivity index (χ0) is 17.6. The maximum absolute atomic E-state index is 10.9. The lowest BCUT2D eigenvalue weighted by Crippen LogP contribution is -2.37. The number of hydrogen-bond donors (Lipinski definition) is 2. The molecule has 9 nitrogen and oxygen atoms in total. The van der Waals surface area contributed by atoms with E-state index in [1.807, 2.05) is 4.90 Å². The van der Waals surface area contributed by atoms with Crippen LogP contribution in [0.1, 0.15) is 27.2 Å². The van der Waals surface area contributed by atoms with Crippen molar-refractivity contribution in [2.75, 3.05) is 30.4 Å². The topological polar surface area (TPSA) is 124 Å². The largest absolute Gasteiger partial charge is 0.444 e. The van der Waals surface area contributed by atoms with Crippen LogP contribution in [0.5, 0.6) is 0 Å². The highest BCUT2D eigenvalue weighted by Crippen LogP contribution is 2.35. The number of nitrogens with two attached hydrogens (primary N) is 1. The molecule has 2 rings (SSSR count). The van der Waals surface area contributed by atoms with Crippen molar-refractivity contribution >= 4 is 23.3 Å². The van der Waals surface area contributed by atoms with E-state index < -0.39 is 11.7 Å². The number of carbonyl (C=O) groups excluding carboxylic acids is 1. The van der Waals surface area contributed by atoms with Gasteiger partial charge in [-0.25, -0.2) is 9.78 Å². The molecule has 1 amide bonds. The molecule has 3 N–H and O–H groups in total. The van der Waals surface area contributed by atoms with E-state index in [4.69, 9.17) is 5.73 Å². The zero-order valence-electron chi connectivity index (χ0n) is 13.8. The molecule has 1 fully saturated rings. The Hall–Kier alpha value is -2.58. The van der Waals surface area contributed by atoms with E-state index in [9.17, 15) is 14.9 Å². The number of amides is 1. The lowest BCUT2D eigenvalue weighted by molar-refractivity contribution is -0.383. The van der Waals surface area contributed by atoms with Crippen molar-refractivity contribution in [3.8, 4) is 0 Å². The average Bonchev–Trinajstić information content (AvgIpc) is 2.33. The predicted molar refractivity (Wildman–Crippen MR) is 87.7 cm³/mol. The Bertz CT molecular complexity index is 567. The van der Waals surface area contributed by atoms with Gasteiger partial charge >= 0.3 is 11.8 Å². The summed E-state index contributed by atoms with van der Waals surface area (Å²) in [5.74, 6) is 0.324. The van der Waals surface area contributed by atoms with Crippen LogP contribution >= 0.6 is 0 Å². The van der Waals surface area contributed by atoms with Crippen molar-refractivity contribution in [1.29, 1.82) is 0 Å². The second-order valence-corrected chi connectivity index (χ2v) is 5.91. The van der Waals surface area contributed by atoms with Gasteiger partial charge in [-0.05, 0) is 33.3 Å². The molecule has 2 heterocycles. The molecule has 23 heavy (non-hydrogen) atoms. The van der Waals surface area contributed by atoms with Gasteiger partial charge in [-0.15, -0.1) is 0 Å². The minimum absolute atomic E-state index is 0.0692. The van der Waals surface area contributed by atoms with Gasteiger partial charge in [-0.3, -0.25) is 10.1 Å². The zero-order valence-corrected chi connectivity index (χ0v) is 13.8. The summed E-state index contributed by atoms with van der Waals surface area (Å²) in [6.07, 6.45) is 1.96. The Morgan fingerprint density at radius 1 is 1.48 bits per heavy atom. The van der Waals surface area contributed by atoms with Gasteiger partial charge in [0.05, 0.1) is 4.92 Å². The van der Waals surface area contributed by atoms with E-state index in [0.717, 1.165) is 19.5 Å². The van der Waals surface area contributed by atoms with Crippen molar-refractivity contribution in [1.82, 2.24) is 4.98 Å². The summed E-state index contributed by atoms with van der Waals surface area (Å²) in [4.78, 5) is 26.5. The van der Waals surface area contributed by atoms with E-state index in [-0.39, 0.29) is 10.6 Å². The Balaban J connectivity index is 0.000000284. The van der Waals surface area contributed by atoms with Gasteiger partial charge in [0.25, 0.3) is 0 Å². The fourth-order valence-electron chi connectivity index (χ4n) is 1.92. The summed E-state index contributed by atoms with van der Waals surface area (Å²) in [5.41, 5.74) is 4.99. The summed E-state index contributed by atoms with van der Waals surface area (Å²) >= 11 is 0. The third kappa shape index (κ3) is 5.61. The maximum atomic E-state index is 10.9. The maximum Gasteiger partial charge on any atom is 0.405 e. The number of nitrogens with zero attached hydrogens (tertiary/aromatic N) is 3. The summed E-state index contributed by atoms with van der Waals surface area (Å²) in [7, 11) is 1.63. The third-order valence-electron chi connectivity index (χ3n) is 2.93. The number of pyridine rings is 1. The Kier molecular flexibility index (Phi) is 6.11. The quantitative estimate of drug-likeness (QED) is 0.644. The normalized spacial score (nSPS) is 13.3. The number of rotatable bonds is 3. The molecule has 0 bridgehead atoms. The number of anilines is 2. The van der Waals surface area contributed by atoms with Crippen LogP contribution in [0.3, 0.4) is 0 Å². The van der Waals surface area contributed by atoms with Crippen molar-refractivity contribution in [3.05, 3.63) is 22.4 Å². The highest BCUT2D eigenvalue weighted by molar-refractivity contribution is 5.74. The van der Waals surface area contributed by atoms with E-state index in [0.29, 0.717) is 11.5 Å². The van der Waals surface area contributed by atoms with Gasteiger partial charge < -0.3 is 20.7 Å². The summed E-state index contributed by atoms with van der Waals surface area (Å²) in [6.45, 7) is 7.05. The second-order valence-electron chi connectivity index (χ2n) is 5.91. The Morgan fingerprint density at radius 3 is 2.39 bits per heavy atom. The SMILES string of the molecule is CC(C)(C)OC(N)=O.CNc1nccc(N2CCC2)c1[N+](=O)[O-]. The van der Waals surface area contributed by atoms with Crippen LogP contribution in [-0.2, 0) is 4.74 Å². The summed E-state index contributed by atoms with van der Waals surface area (Å²) in [5, 5.41) is 13.7. The molecular weight excluding hydrogens is 302 g/mol. The van der Waals surface area contributed by atoms with Crippen molar-refractivity contribution in [2.24, 2.45) is 5.73 Å². The molecule has 0 saturated carbocycles. The lowest BCUT2D eigenvalue weighted by atomic mass is 10.1. The predicted octanol–water partition coefficient (Wildman–Crippen LogP) is 2.12. The third-order valence-corrected chi connectivity index (χ3v) is 2.93. The highest BCUT2D eigenvalue weighted by atomic mass is 16.6. The molecule has 128 valence electrons. The summed E-state index contributed by atoms with van der Waals surface area (Å²) in [6, 6.07) is 1.69. The molecular formula is C14H23N5O4. The molecule has 1 aliphatic rings. The first-order valence-electron chi connectivity index (χ1n) is 7.20. The minimum Gasteiger partial charge on any atom is -0.444 e. The average molecular weight is 325 g/mol. The van der Waals surface area contributed by atoms with Crippen LogP contribution in [0.2, 0.25) is 0 Å². The molecule has 0 radical (unpaired) electrons. The Morgan fingerprint density at radius 2 is 2.09 bits per heavy atom. The molecule has 1 saturated heterocycles. The van der Waals surface area contributed by atoms with Crippen molar-refractivity contribution < 1.29 is 14.5 Å². The monoisotopic (exact) mass is 325 g/mol. The molecule has 0 atom stereocenters. The van der Waals surface area contributed by atoms with E-state index in [1.54, 1.807) is 40.1 Å². The van der Waals surface area contributed by atoms with Crippen molar-refractivity contribution in [3.63, 3.8) is 0 Å². The van der Waals surface area contributed by atoms with Gasteiger partial charge in [-0.2, -0.15) is 0 Å². The number of carbonyl (C=O) groups is 1. The van der Waals surface area contributed by atoms with E-state index in [1.165, 1.54) is 0 Å². The number of ether oxygens (including phenoxy) is 1. The molecule has 0 unspecified atom stereocenters. The van der Waals surface area contributed by atoms with Gasteiger partial charge in [0.1, 0.15) is 11.3 Å². The first-order chi connectivity index (χ1) is 10.7. The van der Waals surface area contributed by atoms with E-state index >= 15 is 0 Å². The highest BCUT2D eigenvalue weighted by Gasteiger charge is 2.27. The molecule has 0 aromatic carbocycles. The molecule has 0 aliphatic carbocycles. The van der Waals surface area contributed by atoms with Crippen LogP contribution in [0.4, 0.5) is 22.0 Å². The van der Waals surface area contributed by atoms with Gasteiger partial charge in [0, 0.05) is 26.3 Å². The molecule has 1 aromatic rings. The van der Waals surface area contributed by atoms with Gasteiger partial charge in [-0.1, -0.05) is 0 Å². The number of nitro groups is 1. The Labute approximate surface area is 135 Å². The van der Waals surface area contributed by atoms with Crippen molar-refractivity contribution in [2.45, 2.75) is 32.8 Å². The molecule has 9 heteroatoms. The summed E-state index contributed by atoms with van der Waals surface area (Å²) < 4.78 is 4.58. The number of nitrogens with one attached hydrogen (secondary N) is 1. The van der Waals surface area contributed by atoms with Crippen LogP contribution in [0.15, 0.2) is 12.3 Å². The second kappa shape index (κ2) is 7.61. The lowest BCUT2D eigenvalue weighted by Gasteiger charge is -2.32. The van der Waals surface area contributed by atoms with Gasteiger partial charge in [0.15, 0.2) is 0 Å². The van der Waals surface area contributed by atoms with Crippen LogP contribution in [0, 0.1) is 10.1 Å². The van der Waals surface area contributed by atoms with Crippen LogP contribution in [-0.4, -0.2) is 41.7 Å². The first kappa shape index (κ1) is 18.5. The van der Waals surface area contributed by atoms with Crippen LogP contribution in [0.25, 0.3) is 0 Å². The molecule has 0 spiro atoms. The number of hydrogen-bond acceptors (Lipinski definition) is 7. The van der Waals surface area contributed by atoms with Crippen LogP contribution < -0.4 is 16.0 Å². The fourth-order valence-corrected chi connectivity index (χ4v) is 1.92. The number of aromatic nitrogens is 1. The number of primary amides is 1. The molecule has 1 aromatic heterocycles.